The van der Waals surface area contributed by atoms with Crippen LogP contribution in [0.3, 0.4) is 0 Å². The molecule has 0 radical (unpaired) electrons. The van der Waals surface area contributed by atoms with Crippen LogP contribution in [-0.4, -0.2) is 20.1 Å². The Balaban J connectivity index is 1.90. The first kappa shape index (κ1) is 15.6. The summed E-state index contributed by atoms with van der Waals surface area (Å²) in [6.07, 6.45) is 1.71. The normalized spacial score (nSPS) is 10.8. The van der Waals surface area contributed by atoms with Crippen molar-refractivity contribution in [2.45, 2.75) is 27.4 Å². The lowest BCUT2D eigenvalue weighted by Crippen LogP contribution is -1.98. The van der Waals surface area contributed by atoms with Crippen molar-refractivity contribution in [2.75, 3.05) is 5.32 Å². The van der Waals surface area contributed by atoms with Crippen LogP contribution < -0.4 is 5.32 Å². The molecule has 0 spiro atoms. The molecule has 0 aliphatic heterocycles. The van der Waals surface area contributed by atoms with E-state index in [9.17, 15) is 5.11 Å². The number of nitrogens with one attached hydrogen (secondary N) is 1. The standard InChI is InChI=1S/C17H18N4OS/c1-10-6-11(2)8-13(7-10)20-17-18-5-4-14(21-17)16-19-12(3)15(9-22)23-16/h4-8,22H,9H2,1-3H3,(H,18,20,21). The fourth-order valence-corrected chi connectivity index (χ4v) is 3.29. The minimum Gasteiger partial charge on any atom is -0.391 e. The van der Waals surface area contributed by atoms with Crippen molar-refractivity contribution in [3.05, 3.63) is 52.2 Å². The largest absolute Gasteiger partial charge is 0.391 e. The van der Waals surface area contributed by atoms with Crippen molar-refractivity contribution in [1.29, 1.82) is 0 Å². The van der Waals surface area contributed by atoms with Gasteiger partial charge < -0.3 is 10.4 Å². The molecule has 2 aromatic heterocycles. The van der Waals surface area contributed by atoms with Gasteiger partial charge in [-0.25, -0.2) is 15.0 Å². The van der Waals surface area contributed by atoms with E-state index >= 15 is 0 Å². The van der Waals surface area contributed by atoms with E-state index in [4.69, 9.17) is 0 Å². The second kappa shape index (κ2) is 6.44. The van der Waals surface area contributed by atoms with Crippen molar-refractivity contribution in [3.63, 3.8) is 0 Å². The minimum atomic E-state index is 0.00224. The molecule has 0 aliphatic rings. The number of anilines is 2. The van der Waals surface area contributed by atoms with Crippen molar-refractivity contribution in [2.24, 2.45) is 0 Å². The van der Waals surface area contributed by atoms with E-state index in [2.05, 4.69) is 52.3 Å². The van der Waals surface area contributed by atoms with Gasteiger partial charge in [-0.3, -0.25) is 0 Å². The topological polar surface area (TPSA) is 70.9 Å². The zero-order chi connectivity index (χ0) is 16.4. The number of benzene rings is 1. The summed E-state index contributed by atoms with van der Waals surface area (Å²) < 4.78 is 0. The quantitative estimate of drug-likeness (QED) is 0.764. The van der Waals surface area contributed by atoms with E-state index in [1.807, 2.05) is 13.0 Å². The number of aromatic nitrogens is 3. The second-order valence-corrected chi connectivity index (χ2v) is 6.54. The molecule has 2 heterocycles. The third-order valence-electron chi connectivity index (χ3n) is 3.39. The maximum Gasteiger partial charge on any atom is 0.227 e. The predicted octanol–water partition coefficient (Wildman–Crippen LogP) is 3.76. The molecule has 118 valence electrons. The third kappa shape index (κ3) is 3.55. The van der Waals surface area contributed by atoms with Crippen LogP contribution in [0, 0.1) is 20.8 Å². The van der Waals surface area contributed by atoms with Gasteiger partial charge in [-0.1, -0.05) is 6.07 Å². The number of aliphatic hydroxyl groups excluding tert-OH is 1. The Morgan fingerprint density at radius 3 is 2.48 bits per heavy atom. The van der Waals surface area contributed by atoms with Gasteiger partial charge in [0.2, 0.25) is 5.95 Å². The molecule has 5 nitrogen and oxygen atoms in total. The van der Waals surface area contributed by atoms with E-state index < -0.39 is 0 Å². The van der Waals surface area contributed by atoms with Crippen LogP contribution in [0.5, 0.6) is 0 Å². The number of aliphatic hydroxyl groups is 1. The second-order valence-electron chi connectivity index (χ2n) is 5.45. The number of hydrogen-bond donors (Lipinski definition) is 2. The highest BCUT2D eigenvalue weighted by Gasteiger charge is 2.11. The molecule has 2 N–H and O–H groups in total. The average Bonchev–Trinajstić information content (AvgIpc) is 2.87. The van der Waals surface area contributed by atoms with Gasteiger partial charge in [0.05, 0.1) is 17.2 Å². The molecule has 0 fully saturated rings. The van der Waals surface area contributed by atoms with E-state index in [-0.39, 0.29) is 6.61 Å². The Bertz CT molecular complexity index is 824. The summed E-state index contributed by atoms with van der Waals surface area (Å²) in [5.41, 5.74) is 4.93. The third-order valence-corrected chi connectivity index (χ3v) is 4.55. The summed E-state index contributed by atoms with van der Waals surface area (Å²) >= 11 is 1.45. The van der Waals surface area contributed by atoms with Crippen molar-refractivity contribution < 1.29 is 5.11 Å². The number of thiazole rings is 1. The van der Waals surface area contributed by atoms with Gasteiger partial charge in [0.25, 0.3) is 0 Å². The SMILES string of the molecule is Cc1cc(C)cc(Nc2nccc(-c3nc(C)c(CO)s3)n2)c1. The molecule has 23 heavy (non-hydrogen) atoms. The number of aryl methyl sites for hydroxylation is 3. The Morgan fingerprint density at radius 2 is 1.83 bits per heavy atom. The van der Waals surface area contributed by atoms with Crippen molar-refractivity contribution >= 4 is 23.0 Å². The fraction of sp³-hybridized carbons (Fsp3) is 0.235. The van der Waals surface area contributed by atoms with Crippen LogP contribution in [0.2, 0.25) is 0 Å². The Kier molecular flexibility index (Phi) is 4.36. The smallest absolute Gasteiger partial charge is 0.227 e. The lowest BCUT2D eigenvalue weighted by molar-refractivity contribution is 0.284. The minimum absolute atomic E-state index is 0.00224. The molecule has 0 aliphatic carbocycles. The van der Waals surface area contributed by atoms with E-state index in [0.29, 0.717) is 5.95 Å². The van der Waals surface area contributed by atoms with Gasteiger partial charge in [0.1, 0.15) is 10.7 Å². The molecule has 6 heteroatoms. The monoisotopic (exact) mass is 326 g/mol. The predicted molar refractivity (Wildman–Crippen MR) is 93.0 cm³/mol. The van der Waals surface area contributed by atoms with E-state index in [1.165, 1.54) is 22.5 Å². The summed E-state index contributed by atoms with van der Waals surface area (Å²) in [5, 5.41) is 13.3. The molecule has 0 unspecified atom stereocenters. The van der Waals surface area contributed by atoms with Crippen LogP contribution >= 0.6 is 11.3 Å². The molecule has 0 saturated heterocycles. The molecule has 0 atom stereocenters. The number of hydrogen-bond acceptors (Lipinski definition) is 6. The van der Waals surface area contributed by atoms with Crippen LogP contribution in [0.1, 0.15) is 21.7 Å². The van der Waals surface area contributed by atoms with Crippen LogP contribution in [0.15, 0.2) is 30.5 Å². The zero-order valence-electron chi connectivity index (χ0n) is 13.3. The Hall–Kier alpha value is -2.31. The highest BCUT2D eigenvalue weighted by atomic mass is 32.1. The highest BCUT2D eigenvalue weighted by Crippen LogP contribution is 2.27. The average molecular weight is 326 g/mol. The van der Waals surface area contributed by atoms with Crippen LogP contribution in [0.4, 0.5) is 11.6 Å². The first-order valence-electron chi connectivity index (χ1n) is 7.31. The highest BCUT2D eigenvalue weighted by molar-refractivity contribution is 7.15. The van der Waals surface area contributed by atoms with Crippen molar-refractivity contribution in [3.8, 4) is 10.7 Å². The molecule has 0 saturated carbocycles. The van der Waals surface area contributed by atoms with Gasteiger partial charge in [0.15, 0.2) is 0 Å². The molecule has 1 aromatic carbocycles. The van der Waals surface area contributed by atoms with Crippen LogP contribution in [-0.2, 0) is 6.61 Å². The van der Waals surface area contributed by atoms with Gasteiger partial charge >= 0.3 is 0 Å². The summed E-state index contributed by atoms with van der Waals surface area (Å²) in [6.45, 7) is 6.01. The number of nitrogens with zero attached hydrogens (tertiary/aromatic N) is 3. The number of rotatable bonds is 4. The van der Waals surface area contributed by atoms with Gasteiger partial charge in [0, 0.05) is 11.9 Å². The summed E-state index contributed by atoms with van der Waals surface area (Å²) in [7, 11) is 0. The molecule has 0 amide bonds. The summed E-state index contributed by atoms with van der Waals surface area (Å²) in [5.74, 6) is 0.533. The summed E-state index contributed by atoms with van der Waals surface area (Å²) in [6, 6.07) is 8.06. The molecular formula is C17H18N4OS. The summed E-state index contributed by atoms with van der Waals surface area (Å²) in [4.78, 5) is 14.1. The lowest BCUT2D eigenvalue weighted by atomic mass is 10.1. The first-order chi connectivity index (χ1) is 11.0. The lowest BCUT2D eigenvalue weighted by Gasteiger charge is -2.07. The first-order valence-corrected chi connectivity index (χ1v) is 8.12. The molecule has 3 aromatic rings. The molecule has 0 bridgehead atoms. The zero-order valence-corrected chi connectivity index (χ0v) is 14.1. The van der Waals surface area contributed by atoms with Gasteiger partial charge in [-0.15, -0.1) is 11.3 Å². The fourth-order valence-electron chi connectivity index (χ4n) is 2.40. The molecular weight excluding hydrogens is 308 g/mol. The van der Waals surface area contributed by atoms with Crippen molar-refractivity contribution in [1.82, 2.24) is 15.0 Å². The molecule has 3 rings (SSSR count). The van der Waals surface area contributed by atoms with E-state index in [1.54, 1.807) is 6.20 Å². The maximum atomic E-state index is 9.31. The Morgan fingerprint density at radius 1 is 1.09 bits per heavy atom. The Labute approximate surface area is 139 Å². The van der Waals surface area contributed by atoms with Gasteiger partial charge in [-0.05, 0) is 50.1 Å². The van der Waals surface area contributed by atoms with Gasteiger partial charge in [-0.2, -0.15) is 0 Å². The van der Waals surface area contributed by atoms with E-state index in [0.717, 1.165) is 27.0 Å². The van der Waals surface area contributed by atoms with Crippen LogP contribution in [0.25, 0.3) is 10.7 Å². The maximum absolute atomic E-state index is 9.31.